The van der Waals surface area contributed by atoms with E-state index >= 15 is 0 Å². The molecule has 12 heteroatoms. The number of nitrogens with zero attached hydrogens (tertiary/aromatic N) is 4. The van der Waals surface area contributed by atoms with Crippen LogP contribution in [0.1, 0.15) is 6.92 Å². The third-order valence-corrected chi connectivity index (χ3v) is 4.44. The Hall–Kier alpha value is -3.64. The van der Waals surface area contributed by atoms with Crippen molar-refractivity contribution in [3.63, 3.8) is 0 Å². The second kappa shape index (κ2) is 9.24. The SMILES string of the molecule is CC1=NC(=S)N(NC(=S)Nc2ccccc2)C(=O)[C@@H]1NN=C1C=CC(=[N+]([O-])[O-])C=C1. The van der Waals surface area contributed by atoms with Crippen molar-refractivity contribution in [2.24, 2.45) is 10.1 Å². The first-order valence-electron chi connectivity index (χ1n) is 8.61. The van der Waals surface area contributed by atoms with Gasteiger partial charge in [0.1, 0.15) is 0 Å². The Balaban J connectivity index is 1.68. The summed E-state index contributed by atoms with van der Waals surface area (Å²) >= 11 is 10.4. The van der Waals surface area contributed by atoms with E-state index in [2.05, 4.69) is 26.3 Å². The van der Waals surface area contributed by atoms with Gasteiger partial charge in [0, 0.05) is 17.8 Å². The van der Waals surface area contributed by atoms with Crippen LogP contribution in [0.3, 0.4) is 0 Å². The number of amides is 1. The lowest BCUT2D eigenvalue weighted by Gasteiger charge is -2.31. The van der Waals surface area contributed by atoms with Crippen LogP contribution in [-0.2, 0) is 4.79 Å². The molecule has 1 atom stereocenters. The zero-order valence-electron chi connectivity index (χ0n) is 15.6. The minimum atomic E-state index is -0.890. The van der Waals surface area contributed by atoms with Crippen LogP contribution in [0, 0.1) is 10.4 Å². The molecule has 0 bridgehead atoms. The molecule has 0 radical (unpaired) electrons. The Morgan fingerprint density at radius 3 is 2.50 bits per heavy atom. The number of carbonyl (C=O) groups excluding carboxylic acids is 1. The zero-order chi connectivity index (χ0) is 21.7. The largest absolute Gasteiger partial charge is 0.612 e. The highest BCUT2D eigenvalue weighted by Crippen LogP contribution is 2.09. The molecule has 0 spiro atoms. The molecule has 1 amide bonds. The zero-order valence-corrected chi connectivity index (χ0v) is 17.2. The number of aliphatic imine (C=N–C) groups is 1. The van der Waals surface area contributed by atoms with Crippen molar-refractivity contribution in [3.8, 4) is 0 Å². The standard InChI is InChI=1S/C18H16N7O3S2/c1-11-15(22-21-13-7-9-14(10-8-13)25(27)28)16(26)24(18(30)19-11)23-17(29)20-12-5-3-2-4-6-12/h2-10,15,22H,1H3,(H2-,20,21,23,27,28,29)/q-1/t15-/m1/s1. The summed E-state index contributed by atoms with van der Waals surface area (Å²) in [5, 5.41) is 29.8. The minimum Gasteiger partial charge on any atom is -0.612 e. The topological polar surface area (TPSA) is 130 Å². The maximum atomic E-state index is 12.9. The molecule has 0 saturated heterocycles. The highest BCUT2D eigenvalue weighted by atomic mass is 32.1. The fraction of sp³-hybridized carbons (Fsp3) is 0.111. The van der Waals surface area contributed by atoms with Crippen molar-refractivity contribution < 1.29 is 9.70 Å². The van der Waals surface area contributed by atoms with Gasteiger partial charge in [0.25, 0.3) is 5.91 Å². The Kier molecular flexibility index (Phi) is 6.49. The molecule has 154 valence electrons. The van der Waals surface area contributed by atoms with E-state index in [0.29, 0.717) is 11.4 Å². The third kappa shape index (κ3) is 5.04. The third-order valence-electron chi connectivity index (χ3n) is 3.98. The number of carbonyl (C=O) groups is 1. The van der Waals surface area contributed by atoms with Gasteiger partial charge in [-0.25, -0.2) is 4.99 Å². The summed E-state index contributed by atoms with van der Waals surface area (Å²) in [4.78, 5) is 16.6. The first-order valence-corrected chi connectivity index (χ1v) is 9.43. The quantitative estimate of drug-likeness (QED) is 0.276. The Morgan fingerprint density at radius 2 is 1.87 bits per heavy atom. The molecule has 2 aliphatic rings. The smallest absolute Gasteiger partial charge is 0.277 e. The molecule has 0 saturated carbocycles. The van der Waals surface area contributed by atoms with Gasteiger partial charge in [-0.3, -0.25) is 15.6 Å². The van der Waals surface area contributed by atoms with Crippen LogP contribution in [0.5, 0.6) is 0 Å². The van der Waals surface area contributed by atoms with E-state index in [-0.39, 0.29) is 15.9 Å². The first-order chi connectivity index (χ1) is 14.3. The van der Waals surface area contributed by atoms with Crippen LogP contribution in [-0.4, -0.2) is 49.2 Å². The van der Waals surface area contributed by atoms with Crippen LogP contribution >= 0.6 is 24.4 Å². The molecule has 0 unspecified atom stereocenters. The number of para-hydroxylation sites is 1. The molecule has 1 aromatic rings. The van der Waals surface area contributed by atoms with Crippen LogP contribution < -0.4 is 16.2 Å². The van der Waals surface area contributed by atoms with Gasteiger partial charge in [0.05, 0.1) is 11.4 Å². The van der Waals surface area contributed by atoms with Gasteiger partial charge >= 0.3 is 0 Å². The Labute approximate surface area is 182 Å². The number of benzene rings is 1. The average Bonchev–Trinajstić information content (AvgIpc) is 2.72. The maximum absolute atomic E-state index is 12.9. The van der Waals surface area contributed by atoms with Crippen molar-refractivity contribution >= 4 is 63.4 Å². The maximum Gasteiger partial charge on any atom is 0.277 e. The highest BCUT2D eigenvalue weighted by molar-refractivity contribution is 7.80. The van der Waals surface area contributed by atoms with Crippen molar-refractivity contribution in [1.29, 1.82) is 0 Å². The normalized spacial score (nSPS) is 18.1. The highest BCUT2D eigenvalue weighted by Gasteiger charge is 2.34. The van der Waals surface area contributed by atoms with Gasteiger partial charge in [-0.2, -0.15) is 15.0 Å². The van der Waals surface area contributed by atoms with Crippen molar-refractivity contribution in [2.75, 3.05) is 5.32 Å². The number of hydrogen-bond acceptors (Lipinski definition) is 7. The molecule has 1 aliphatic heterocycles. The number of anilines is 1. The Bertz CT molecular complexity index is 1010. The summed E-state index contributed by atoms with van der Waals surface area (Å²) in [5.41, 5.74) is 6.99. The molecule has 30 heavy (non-hydrogen) atoms. The van der Waals surface area contributed by atoms with E-state index in [1.807, 2.05) is 30.3 Å². The molecule has 0 aromatic heterocycles. The summed E-state index contributed by atoms with van der Waals surface area (Å²) < 4.78 is 0. The van der Waals surface area contributed by atoms with Gasteiger partial charge < -0.3 is 15.7 Å². The monoisotopic (exact) mass is 442 g/mol. The van der Waals surface area contributed by atoms with Crippen LogP contribution in [0.2, 0.25) is 0 Å². The first kappa shape index (κ1) is 21.1. The van der Waals surface area contributed by atoms with Crippen molar-refractivity contribution in [2.45, 2.75) is 13.0 Å². The fourth-order valence-electron chi connectivity index (χ4n) is 2.49. The van der Waals surface area contributed by atoms with Gasteiger partial charge in [-0.15, -0.1) is 0 Å². The molecule has 3 rings (SSSR count). The second-order valence-electron chi connectivity index (χ2n) is 6.09. The predicted molar refractivity (Wildman–Crippen MR) is 123 cm³/mol. The summed E-state index contributed by atoms with van der Waals surface area (Å²) in [6.07, 6.45) is 5.57. The molecule has 1 aliphatic carbocycles. The van der Waals surface area contributed by atoms with E-state index in [0.717, 1.165) is 10.7 Å². The van der Waals surface area contributed by atoms with Crippen LogP contribution in [0.15, 0.2) is 64.7 Å². The molecular weight excluding hydrogens is 426 g/mol. The number of hydrogen-bond donors (Lipinski definition) is 3. The molecule has 10 nitrogen and oxygen atoms in total. The minimum absolute atomic E-state index is 0.0168. The molecule has 1 heterocycles. The van der Waals surface area contributed by atoms with Crippen molar-refractivity contribution in [3.05, 3.63) is 65.1 Å². The number of rotatable bonds is 4. The number of hydrazine groups is 1. The average molecular weight is 443 g/mol. The molecule has 3 N–H and O–H groups in total. The summed E-state index contributed by atoms with van der Waals surface area (Å²) in [6.45, 7) is 1.64. The van der Waals surface area contributed by atoms with Crippen LogP contribution in [0.4, 0.5) is 5.69 Å². The summed E-state index contributed by atoms with van der Waals surface area (Å²) in [6, 6.07) is 8.30. The van der Waals surface area contributed by atoms with Gasteiger partial charge in [0.15, 0.2) is 11.2 Å². The number of nitrogens with one attached hydrogen (secondary N) is 3. The second-order valence-corrected chi connectivity index (χ2v) is 6.86. The number of allylic oxidation sites excluding steroid dienone is 4. The lowest BCUT2D eigenvalue weighted by atomic mass is 10.1. The van der Waals surface area contributed by atoms with Gasteiger partial charge in [0.2, 0.25) is 10.8 Å². The molecular formula is C18H16N7O3S2-. The summed E-state index contributed by atoms with van der Waals surface area (Å²) in [7, 11) is 0. The predicted octanol–water partition coefficient (Wildman–Crippen LogP) is 1.37. The van der Waals surface area contributed by atoms with E-state index in [1.54, 1.807) is 6.92 Å². The van der Waals surface area contributed by atoms with Gasteiger partial charge in [-0.05, 0) is 55.6 Å². The lowest BCUT2D eigenvalue weighted by molar-refractivity contribution is -0.377. The molecule has 0 fully saturated rings. The summed E-state index contributed by atoms with van der Waals surface area (Å²) in [5.74, 6) is -0.449. The van der Waals surface area contributed by atoms with E-state index in [4.69, 9.17) is 24.4 Å². The van der Waals surface area contributed by atoms with E-state index in [1.165, 1.54) is 24.3 Å². The van der Waals surface area contributed by atoms with E-state index < -0.39 is 16.9 Å². The fourth-order valence-corrected chi connectivity index (χ4v) is 2.98. The molecule has 1 aromatic carbocycles. The van der Waals surface area contributed by atoms with Crippen molar-refractivity contribution in [1.82, 2.24) is 15.9 Å². The van der Waals surface area contributed by atoms with Gasteiger partial charge in [-0.1, -0.05) is 18.2 Å². The number of thiocarbonyl (C=S) groups is 2. The number of hydrazone groups is 1. The Morgan fingerprint density at radius 1 is 1.20 bits per heavy atom. The lowest BCUT2D eigenvalue weighted by Crippen LogP contribution is -2.60. The van der Waals surface area contributed by atoms with Crippen LogP contribution in [0.25, 0.3) is 0 Å². The van der Waals surface area contributed by atoms with E-state index in [9.17, 15) is 15.2 Å².